The van der Waals surface area contributed by atoms with Crippen molar-refractivity contribution < 1.29 is 4.39 Å². The zero-order chi connectivity index (χ0) is 21.1. The summed E-state index contributed by atoms with van der Waals surface area (Å²) in [6, 6.07) is 11.2. The molecule has 1 aromatic carbocycles. The lowest BCUT2D eigenvalue weighted by molar-refractivity contribution is 0.203. The Hall–Kier alpha value is -2.53. The fourth-order valence-corrected chi connectivity index (χ4v) is 4.50. The maximum absolute atomic E-state index is 13.2. The summed E-state index contributed by atoms with van der Waals surface area (Å²) < 4.78 is 15.3. The summed E-state index contributed by atoms with van der Waals surface area (Å²) in [6.45, 7) is 10.4. The maximum atomic E-state index is 13.2. The number of pyridine rings is 1. The highest BCUT2D eigenvalue weighted by atomic mass is 19.1. The van der Waals surface area contributed by atoms with Gasteiger partial charge < -0.3 is 0 Å². The van der Waals surface area contributed by atoms with Gasteiger partial charge in [0.15, 0.2) is 0 Å². The van der Waals surface area contributed by atoms with Crippen LogP contribution in [-0.4, -0.2) is 32.8 Å². The molecule has 0 spiro atoms. The molecule has 1 saturated heterocycles. The number of nitrogens with zero attached hydrogens (tertiary/aromatic N) is 4. The van der Waals surface area contributed by atoms with E-state index in [-0.39, 0.29) is 5.82 Å². The van der Waals surface area contributed by atoms with Crippen molar-refractivity contribution in [3.8, 4) is 0 Å². The van der Waals surface area contributed by atoms with E-state index in [1.54, 1.807) is 0 Å². The SMILES string of the molecule is CCn1ncc(CN2CCC(c3cc(Cc4ccc(F)cc4)cc(C)n3)CC2)c1C. The lowest BCUT2D eigenvalue weighted by atomic mass is 9.91. The Labute approximate surface area is 178 Å². The number of hydrogen-bond donors (Lipinski definition) is 0. The molecule has 5 heteroatoms. The largest absolute Gasteiger partial charge is 0.299 e. The highest BCUT2D eigenvalue weighted by Gasteiger charge is 2.23. The molecular weight excluding hydrogens is 375 g/mol. The number of likely N-dealkylation sites (tertiary alicyclic amines) is 1. The molecule has 0 N–H and O–H groups in total. The van der Waals surface area contributed by atoms with Gasteiger partial charge in [0.2, 0.25) is 0 Å². The van der Waals surface area contributed by atoms with Crippen LogP contribution in [0.25, 0.3) is 0 Å². The van der Waals surface area contributed by atoms with Crippen LogP contribution in [0.4, 0.5) is 4.39 Å². The Bertz CT molecular complexity index is 985. The van der Waals surface area contributed by atoms with E-state index in [4.69, 9.17) is 4.98 Å². The number of aromatic nitrogens is 3. The summed E-state index contributed by atoms with van der Waals surface area (Å²) >= 11 is 0. The maximum Gasteiger partial charge on any atom is 0.123 e. The predicted octanol–water partition coefficient (Wildman–Crippen LogP) is 5.02. The van der Waals surface area contributed by atoms with Gasteiger partial charge >= 0.3 is 0 Å². The molecule has 0 radical (unpaired) electrons. The summed E-state index contributed by atoms with van der Waals surface area (Å²) in [5.41, 5.74) is 7.28. The predicted molar refractivity (Wildman–Crippen MR) is 118 cm³/mol. The quantitative estimate of drug-likeness (QED) is 0.576. The molecular formula is C25H31FN4. The zero-order valence-corrected chi connectivity index (χ0v) is 18.2. The van der Waals surface area contributed by atoms with Crippen molar-refractivity contribution in [2.45, 2.75) is 59.0 Å². The average molecular weight is 407 g/mol. The van der Waals surface area contributed by atoms with Crippen molar-refractivity contribution in [3.63, 3.8) is 0 Å². The first-order valence-corrected chi connectivity index (χ1v) is 11.0. The van der Waals surface area contributed by atoms with Gasteiger partial charge in [0.25, 0.3) is 0 Å². The van der Waals surface area contributed by atoms with E-state index in [9.17, 15) is 4.39 Å². The third-order valence-electron chi connectivity index (χ3n) is 6.26. The standard InChI is InChI=1S/C25H31FN4/c1-4-30-19(3)23(16-27-30)17-29-11-9-22(10-12-29)25-15-21(13-18(2)28-25)14-20-5-7-24(26)8-6-20/h5-8,13,15-16,22H,4,9-12,14,17H2,1-3H3. The van der Waals surface area contributed by atoms with Crippen molar-refractivity contribution in [2.24, 2.45) is 0 Å². The van der Waals surface area contributed by atoms with Gasteiger partial charge in [-0.15, -0.1) is 0 Å². The van der Waals surface area contributed by atoms with Crippen molar-refractivity contribution in [1.82, 2.24) is 19.7 Å². The molecule has 0 saturated carbocycles. The molecule has 0 unspecified atom stereocenters. The summed E-state index contributed by atoms with van der Waals surface area (Å²) in [5.74, 6) is 0.321. The molecule has 2 aromatic heterocycles. The Morgan fingerprint density at radius 3 is 2.43 bits per heavy atom. The molecule has 3 aromatic rings. The number of halogens is 1. The van der Waals surface area contributed by atoms with Crippen LogP contribution in [0.1, 0.15) is 59.5 Å². The van der Waals surface area contributed by atoms with Crippen molar-refractivity contribution >= 4 is 0 Å². The van der Waals surface area contributed by atoms with Gasteiger partial charge in [-0.05, 0) is 88.5 Å². The first-order chi connectivity index (χ1) is 14.5. The van der Waals surface area contributed by atoms with Crippen LogP contribution >= 0.6 is 0 Å². The highest BCUT2D eigenvalue weighted by Crippen LogP contribution is 2.29. The molecule has 3 heterocycles. The zero-order valence-electron chi connectivity index (χ0n) is 18.2. The van der Waals surface area contributed by atoms with Gasteiger partial charge in [-0.25, -0.2) is 4.39 Å². The van der Waals surface area contributed by atoms with Crippen LogP contribution in [0.3, 0.4) is 0 Å². The second-order valence-corrected chi connectivity index (χ2v) is 8.47. The third-order valence-corrected chi connectivity index (χ3v) is 6.26. The minimum Gasteiger partial charge on any atom is -0.299 e. The number of aryl methyl sites for hydroxylation is 2. The van der Waals surface area contributed by atoms with E-state index in [0.29, 0.717) is 5.92 Å². The highest BCUT2D eigenvalue weighted by molar-refractivity contribution is 5.30. The molecule has 4 rings (SSSR count). The van der Waals surface area contributed by atoms with E-state index in [2.05, 4.69) is 47.6 Å². The van der Waals surface area contributed by atoms with E-state index in [0.717, 1.165) is 56.7 Å². The van der Waals surface area contributed by atoms with Crippen molar-refractivity contribution in [3.05, 3.63) is 82.2 Å². The topological polar surface area (TPSA) is 34.0 Å². The minimum atomic E-state index is -0.186. The van der Waals surface area contributed by atoms with E-state index in [1.165, 1.54) is 34.6 Å². The molecule has 0 amide bonds. The molecule has 1 fully saturated rings. The van der Waals surface area contributed by atoms with Gasteiger partial charge in [0, 0.05) is 41.7 Å². The van der Waals surface area contributed by atoms with Crippen molar-refractivity contribution in [2.75, 3.05) is 13.1 Å². The number of rotatable bonds is 6. The number of piperidine rings is 1. The number of hydrogen-bond acceptors (Lipinski definition) is 3. The van der Waals surface area contributed by atoms with Gasteiger partial charge in [0.05, 0.1) is 6.20 Å². The van der Waals surface area contributed by atoms with Gasteiger partial charge in [-0.3, -0.25) is 14.6 Å². The van der Waals surface area contributed by atoms with Crippen LogP contribution in [-0.2, 0) is 19.5 Å². The normalized spacial score (nSPS) is 15.6. The summed E-state index contributed by atoms with van der Waals surface area (Å²) in [7, 11) is 0. The molecule has 1 aliphatic rings. The molecule has 1 aliphatic heterocycles. The average Bonchev–Trinajstić information content (AvgIpc) is 3.09. The Morgan fingerprint density at radius 1 is 1.03 bits per heavy atom. The first-order valence-electron chi connectivity index (χ1n) is 11.0. The Morgan fingerprint density at radius 2 is 1.77 bits per heavy atom. The lowest BCUT2D eigenvalue weighted by Gasteiger charge is -2.32. The molecule has 0 atom stereocenters. The summed E-state index contributed by atoms with van der Waals surface area (Å²) in [6.07, 6.45) is 5.10. The minimum absolute atomic E-state index is 0.186. The van der Waals surface area contributed by atoms with Crippen LogP contribution in [0, 0.1) is 19.7 Å². The van der Waals surface area contributed by atoms with Crippen LogP contribution in [0.2, 0.25) is 0 Å². The van der Waals surface area contributed by atoms with E-state index in [1.807, 2.05) is 18.3 Å². The molecule has 30 heavy (non-hydrogen) atoms. The third kappa shape index (κ3) is 4.78. The van der Waals surface area contributed by atoms with Gasteiger partial charge in [-0.2, -0.15) is 5.10 Å². The molecule has 158 valence electrons. The summed E-state index contributed by atoms with van der Waals surface area (Å²) in [5, 5.41) is 4.48. The fraction of sp³-hybridized carbons (Fsp3) is 0.440. The first kappa shape index (κ1) is 20.7. The smallest absolute Gasteiger partial charge is 0.123 e. The Kier molecular flexibility index (Phi) is 6.28. The summed E-state index contributed by atoms with van der Waals surface area (Å²) in [4.78, 5) is 7.40. The lowest BCUT2D eigenvalue weighted by Crippen LogP contribution is -2.33. The van der Waals surface area contributed by atoms with Crippen LogP contribution in [0.5, 0.6) is 0 Å². The van der Waals surface area contributed by atoms with E-state index < -0.39 is 0 Å². The van der Waals surface area contributed by atoms with Crippen LogP contribution < -0.4 is 0 Å². The van der Waals surface area contributed by atoms with Gasteiger partial charge in [-0.1, -0.05) is 12.1 Å². The van der Waals surface area contributed by atoms with Crippen molar-refractivity contribution in [1.29, 1.82) is 0 Å². The van der Waals surface area contributed by atoms with Crippen LogP contribution in [0.15, 0.2) is 42.6 Å². The molecule has 0 aliphatic carbocycles. The monoisotopic (exact) mass is 406 g/mol. The number of benzene rings is 1. The second-order valence-electron chi connectivity index (χ2n) is 8.47. The van der Waals surface area contributed by atoms with E-state index >= 15 is 0 Å². The molecule has 0 bridgehead atoms. The molecule has 4 nitrogen and oxygen atoms in total. The fourth-order valence-electron chi connectivity index (χ4n) is 4.50. The van der Waals surface area contributed by atoms with Gasteiger partial charge in [0.1, 0.15) is 5.82 Å². The second kappa shape index (κ2) is 9.09. The Balaban J connectivity index is 1.39.